The van der Waals surface area contributed by atoms with Gasteiger partial charge in [-0.2, -0.15) is 0 Å². The molecule has 3 aromatic carbocycles. The average molecular weight is 603 g/mol. The molecule has 9 rings (SSSR count). The fourth-order valence-electron chi connectivity index (χ4n) is 7.64. The molecule has 3 fully saturated rings. The molecule has 0 spiro atoms. The zero-order valence-corrected chi connectivity index (χ0v) is 24.5. The number of esters is 1. The summed E-state index contributed by atoms with van der Waals surface area (Å²) in [6.07, 6.45) is 4.42. The minimum absolute atomic E-state index is 0.104. The maximum Gasteiger partial charge on any atom is 0.339 e. The Bertz CT molecular complexity index is 1900. The van der Waals surface area contributed by atoms with Crippen molar-refractivity contribution in [2.75, 3.05) is 4.90 Å². The first-order valence-corrected chi connectivity index (χ1v) is 15.2. The molecule has 7 unspecified atom stereocenters. The molecular formula is C36H27ClN2O5. The van der Waals surface area contributed by atoms with Crippen molar-refractivity contribution in [2.45, 2.75) is 19.4 Å². The number of para-hydroxylation sites is 1. The smallest absolute Gasteiger partial charge is 0.339 e. The highest BCUT2D eigenvalue weighted by atomic mass is 35.5. The number of ether oxygens (including phenoxy) is 1. The number of hydrogen-bond acceptors (Lipinski definition) is 6. The molecule has 1 aliphatic heterocycles. The van der Waals surface area contributed by atoms with Crippen molar-refractivity contribution in [3.05, 3.63) is 107 Å². The third kappa shape index (κ3) is 4.14. The zero-order chi connectivity index (χ0) is 30.3. The van der Waals surface area contributed by atoms with Crippen LogP contribution in [0.2, 0.25) is 5.02 Å². The van der Waals surface area contributed by atoms with Crippen LogP contribution in [0, 0.1) is 35.5 Å². The van der Waals surface area contributed by atoms with Gasteiger partial charge in [-0.15, -0.1) is 0 Å². The molecule has 7 atom stereocenters. The Balaban J connectivity index is 1.07. The minimum atomic E-state index is -1.04. The lowest BCUT2D eigenvalue weighted by atomic mass is 9.63. The molecule has 4 aromatic rings. The summed E-state index contributed by atoms with van der Waals surface area (Å²) in [5.74, 6) is -0.317. The summed E-state index contributed by atoms with van der Waals surface area (Å²) in [4.78, 5) is 59.6. The number of nitrogens with zero attached hydrogens (tertiary/aromatic N) is 2. The predicted molar refractivity (Wildman–Crippen MR) is 165 cm³/mol. The summed E-state index contributed by atoms with van der Waals surface area (Å²) in [5.41, 5.74) is 2.98. The Morgan fingerprint density at radius 1 is 0.886 bits per heavy atom. The van der Waals surface area contributed by atoms with Gasteiger partial charge in [-0.1, -0.05) is 66.2 Å². The molecule has 2 saturated carbocycles. The molecule has 0 radical (unpaired) electrons. The number of amides is 2. The molecular weight excluding hydrogens is 576 g/mol. The molecule has 2 bridgehead atoms. The molecule has 0 N–H and O–H groups in total. The molecule has 1 aromatic heterocycles. The zero-order valence-electron chi connectivity index (χ0n) is 23.7. The average Bonchev–Trinajstić information content (AvgIpc) is 3.82. The van der Waals surface area contributed by atoms with Crippen molar-refractivity contribution < 1.29 is 23.9 Å². The van der Waals surface area contributed by atoms with Gasteiger partial charge in [0.15, 0.2) is 6.10 Å². The fourth-order valence-corrected chi connectivity index (χ4v) is 7.83. The van der Waals surface area contributed by atoms with Crippen LogP contribution in [0.15, 0.2) is 91.0 Å². The maximum atomic E-state index is 13.5. The highest BCUT2D eigenvalue weighted by molar-refractivity contribution is 6.31. The lowest BCUT2D eigenvalue weighted by Crippen LogP contribution is -2.40. The molecule has 5 aliphatic rings. The second-order valence-electron chi connectivity index (χ2n) is 12.2. The van der Waals surface area contributed by atoms with E-state index in [0.717, 1.165) is 6.42 Å². The number of fused-ring (bicyclic) bond motifs is 1. The number of carbonyl (C=O) groups is 4. The Labute approximate surface area is 258 Å². The van der Waals surface area contributed by atoms with E-state index >= 15 is 0 Å². The van der Waals surface area contributed by atoms with Gasteiger partial charge in [-0.3, -0.25) is 19.3 Å². The minimum Gasteiger partial charge on any atom is -0.451 e. The van der Waals surface area contributed by atoms with E-state index in [1.165, 1.54) is 11.8 Å². The van der Waals surface area contributed by atoms with Gasteiger partial charge in [-0.05, 0) is 73.4 Å². The van der Waals surface area contributed by atoms with Gasteiger partial charge in [0.1, 0.15) is 0 Å². The highest BCUT2D eigenvalue weighted by Gasteiger charge is 2.67. The summed E-state index contributed by atoms with van der Waals surface area (Å²) < 4.78 is 5.63. The monoisotopic (exact) mass is 602 g/mol. The SMILES string of the molecule is CC(OC(=O)c1cc(-c2ccc(N3C(=O)C4C5C=CC(C6CC56)C4C3=O)cc2)nc2ccccc12)C(=O)c1cccc(Cl)c1. The number of allylic oxidation sites excluding steroid dienone is 2. The van der Waals surface area contributed by atoms with Gasteiger partial charge in [0.25, 0.3) is 0 Å². The van der Waals surface area contributed by atoms with E-state index in [1.807, 2.05) is 12.1 Å². The van der Waals surface area contributed by atoms with Crippen molar-refractivity contribution in [1.29, 1.82) is 0 Å². The molecule has 2 amide bonds. The van der Waals surface area contributed by atoms with Gasteiger partial charge < -0.3 is 4.74 Å². The van der Waals surface area contributed by atoms with Crippen LogP contribution in [-0.2, 0) is 14.3 Å². The van der Waals surface area contributed by atoms with E-state index in [9.17, 15) is 19.2 Å². The van der Waals surface area contributed by atoms with E-state index in [-0.39, 0.29) is 46.8 Å². The number of aromatic nitrogens is 1. The Hall–Kier alpha value is -4.62. The predicted octanol–water partition coefficient (Wildman–Crippen LogP) is 6.54. The third-order valence-electron chi connectivity index (χ3n) is 9.78. The number of anilines is 1. The van der Waals surface area contributed by atoms with Crippen LogP contribution in [0.25, 0.3) is 22.2 Å². The lowest BCUT2D eigenvalue weighted by Gasteiger charge is -2.37. The summed E-state index contributed by atoms with van der Waals surface area (Å²) in [5, 5.41) is 1.01. The number of pyridine rings is 1. The first-order valence-electron chi connectivity index (χ1n) is 14.9. The first kappa shape index (κ1) is 27.0. The standard InChI is InChI=1S/C36H27ClN2O5/c1-18(33(40)20-5-4-6-21(37)15-20)44-36(43)28-17-30(38-29-8-3-2-7-23(28)29)19-9-11-22(12-10-19)39-34(41)31-24-13-14-25(27-16-26(24)27)32(31)35(39)42/h2-15,17-18,24-27,31-32H,16H2,1H3. The normalized spacial score (nSPS) is 26.8. The van der Waals surface area contributed by atoms with Crippen LogP contribution in [0.4, 0.5) is 5.69 Å². The molecule has 4 aliphatic carbocycles. The number of rotatable bonds is 6. The summed E-state index contributed by atoms with van der Waals surface area (Å²) in [6, 6.07) is 22.5. The topological polar surface area (TPSA) is 93.6 Å². The van der Waals surface area contributed by atoms with Crippen LogP contribution in [0.5, 0.6) is 0 Å². The number of imide groups is 1. The van der Waals surface area contributed by atoms with E-state index < -0.39 is 12.1 Å². The van der Waals surface area contributed by atoms with E-state index in [0.29, 0.717) is 50.3 Å². The van der Waals surface area contributed by atoms with Gasteiger partial charge in [0, 0.05) is 21.5 Å². The molecule has 1 saturated heterocycles. The number of halogens is 1. The number of hydrogen-bond donors (Lipinski definition) is 0. The van der Waals surface area contributed by atoms with E-state index in [2.05, 4.69) is 12.2 Å². The number of carbonyl (C=O) groups excluding carboxylic acids is 4. The quantitative estimate of drug-likeness (QED) is 0.108. The van der Waals surface area contributed by atoms with Gasteiger partial charge in [0.05, 0.1) is 34.3 Å². The third-order valence-corrected chi connectivity index (χ3v) is 10.0. The van der Waals surface area contributed by atoms with Crippen LogP contribution in [0.1, 0.15) is 34.1 Å². The van der Waals surface area contributed by atoms with Crippen molar-refractivity contribution in [1.82, 2.24) is 4.98 Å². The van der Waals surface area contributed by atoms with Crippen LogP contribution < -0.4 is 4.90 Å². The Morgan fingerprint density at radius 3 is 2.25 bits per heavy atom. The summed E-state index contributed by atoms with van der Waals surface area (Å²) in [6.45, 7) is 1.53. The Kier molecular flexibility index (Phi) is 6.10. The second kappa shape index (κ2) is 9.96. The first-order chi connectivity index (χ1) is 21.3. The number of Topliss-reactive ketones (excluding diaryl/α,β-unsaturated/α-hetero) is 1. The highest BCUT2D eigenvalue weighted by Crippen LogP contribution is 2.65. The van der Waals surface area contributed by atoms with Gasteiger partial charge >= 0.3 is 5.97 Å². The van der Waals surface area contributed by atoms with Crippen LogP contribution in [-0.4, -0.2) is 34.7 Å². The van der Waals surface area contributed by atoms with Crippen molar-refractivity contribution >= 4 is 51.8 Å². The molecule has 7 nitrogen and oxygen atoms in total. The van der Waals surface area contributed by atoms with Gasteiger partial charge in [0.2, 0.25) is 17.6 Å². The van der Waals surface area contributed by atoms with Crippen LogP contribution >= 0.6 is 11.6 Å². The number of benzene rings is 3. The summed E-state index contributed by atoms with van der Waals surface area (Å²) >= 11 is 6.04. The van der Waals surface area contributed by atoms with Crippen molar-refractivity contribution in [2.24, 2.45) is 35.5 Å². The van der Waals surface area contributed by atoms with E-state index in [1.54, 1.807) is 66.7 Å². The lowest BCUT2D eigenvalue weighted by molar-refractivity contribution is -0.124. The van der Waals surface area contributed by atoms with E-state index in [4.69, 9.17) is 21.3 Å². The fraction of sp³-hybridized carbons (Fsp3) is 0.250. The van der Waals surface area contributed by atoms with Crippen LogP contribution in [0.3, 0.4) is 0 Å². The van der Waals surface area contributed by atoms with Gasteiger partial charge in [-0.25, -0.2) is 9.78 Å². The Morgan fingerprint density at radius 2 is 1.57 bits per heavy atom. The maximum absolute atomic E-state index is 13.5. The number of ketones is 1. The molecule has 44 heavy (non-hydrogen) atoms. The molecule has 2 heterocycles. The van der Waals surface area contributed by atoms with Crippen molar-refractivity contribution in [3.63, 3.8) is 0 Å². The van der Waals surface area contributed by atoms with Crippen molar-refractivity contribution in [3.8, 4) is 11.3 Å². The molecule has 218 valence electrons. The molecule has 8 heteroatoms. The second-order valence-corrected chi connectivity index (χ2v) is 12.6. The summed E-state index contributed by atoms with van der Waals surface area (Å²) in [7, 11) is 0. The largest absolute Gasteiger partial charge is 0.451 e.